The van der Waals surface area contributed by atoms with Gasteiger partial charge in [-0.2, -0.15) is 0 Å². The zero-order chi connectivity index (χ0) is 14.9. The summed E-state index contributed by atoms with van der Waals surface area (Å²) in [6.45, 7) is 3.24. The lowest BCUT2D eigenvalue weighted by atomic mass is 10.0. The first-order chi connectivity index (χ1) is 10.3. The van der Waals surface area contributed by atoms with E-state index in [9.17, 15) is 0 Å². The minimum absolute atomic E-state index is 0.606. The lowest BCUT2D eigenvalue weighted by molar-refractivity contribution is 0.0911. The van der Waals surface area contributed by atoms with Crippen LogP contribution < -0.4 is 15.0 Å². The summed E-state index contributed by atoms with van der Waals surface area (Å²) >= 11 is 0. The zero-order valence-corrected chi connectivity index (χ0v) is 13.3. The number of anilines is 1. The highest BCUT2D eigenvalue weighted by Crippen LogP contribution is 2.19. The highest BCUT2D eigenvalue weighted by atomic mass is 16.5. The Morgan fingerprint density at radius 3 is 2.86 bits per heavy atom. The fraction of sp³-hybridized carbons (Fsp3) is 0.647. The van der Waals surface area contributed by atoms with Crippen LogP contribution in [0.3, 0.4) is 0 Å². The summed E-state index contributed by atoms with van der Waals surface area (Å²) in [5.74, 6) is 0.902. The molecule has 1 atom stereocenters. The Balaban J connectivity index is 1.56. The quantitative estimate of drug-likeness (QED) is 0.747. The Kier molecular flexibility index (Phi) is 6.83. The molecule has 1 saturated heterocycles. The maximum atomic E-state index is 5.72. The second-order valence-corrected chi connectivity index (χ2v) is 5.79. The maximum absolute atomic E-state index is 5.72. The minimum Gasteiger partial charge on any atom is -0.491 e. The van der Waals surface area contributed by atoms with Gasteiger partial charge in [-0.3, -0.25) is 0 Å². The number of piperidine rings is 1. The normalized spacial score (nSPS) is 18.5. The van der Waals surface area contributed by atoms with Crippen molar-refractivity contribution in [2.24, 2.45) is 0 Å². The Labute approximate surface area is 128 Å². The molecule has 1 heterocycles. The van der Waals surface area contributed by atoms with Crippen molar-refractivity contribution in [3.63, 3.8) is 0 Å². The highest BCUT2D eigenvalue weighted by Gasteiger charge is 2.11. The molecule has 1 aliphatic heterocycles. The smallest absolute Gasteiger partial charge is 0.121 e. The van der Waals surface area contributed by atoms with Crippen molar-refractivity contribution in [2.75, 3.05) is 45.4 Å². The largest absolute Gasteiger partial charge is 0.491 e. The maximum Gasteiger partial charge on any atom is 0.121 e. The van der Waals surface area contributed by atoms with Crippen LogP contribution in [0.1, 0.15) is 25.7 Å². The van der Waals surface area contributed by atoms with Crippen LogP contribution >= 0.6 is 0 Å². The SMILES string of the molecule is CN(C)c1cccc(OCCOCCC2CCCCN2)c1. The Morgan fingerprint density at radius 2 is 2.10 bits per heavy atom. The molecular weight excluding hydrogens is 264 g/mol. The molecule has 1 fully saturated rings. The van der Waals surface area contributed by atoms with E-state index in [0.29, 0.717) is 19.3 Å². The van der Waals surface area contributed by atoms with Gasteiger partial charge in [-0.1, -0.05) is 12.5 Å². The van der Waals surface area contributed by atoms with Crippen molar-refractivity contribution in [3.05, 3.63) is 24.3 Å². The third-order valence-electron chi connectivity index (χ3n) is 3.85. The fourth-order valence-electron chi connectivity index (χ4n) is 2.57. The van der Waals surface area contributed by atoms with Gasteiger partial charge >= 0.3 is 0 Å². The van der Waals surface area contributed by atoms with E-state index in [2.05, 4.69) is 16.3 Å². The van der Waals surface area contributed by atoms with Crippen LogP contribution in [0, 0.1) is 0 Å². The second kappa shape index (κ2) is 8.90. The molecule has 4 heteroatoms. The summed E-state index contributed by atoms with van der Waals surface area (Å²) in [7, 11) is 4.06. The van der Waals surface area contributed by atoms with Crippen molar-refractivity contribution in [1.29, 1.82) is 0 Å². The van der Waals surface area contributed by atoms with Gasteiger partial charge in [0.2, 0.25) is 0 Å². The van der Waals surface area contributed by atoms with Crippen molar-refractivity contribution in [3.8, 4) is 5.75 Å². The first-order valence-corrected chi connectivity index (χ1v) is 7.97. The summed E-state index contributed by atoms with van der Waals surface area (Å²) in [5.41, 5.74) is 1.15. The fourth-order valence-corrected chi connectivity index (χ4v) is 2.57. The molecule has 0 amide bonds. The van der Waals surface area contributed by atoms with Crippen LogP contribution in [0.2, 0.25) is 0 Å². The average molecular weight is 292 g/mol. The molecule has 1 aliphatic rings. The van der Waals surface area contributed by atoms with E-state index >= 15 is 0 Å². The molecule has 0 aliphatic carbocycles. The molecule has 1 N–H and O–H groups in total. The predicted molar refractivity (Wildman–Crippen MR) is 87.3 cm³/mol. The number of hydrogen-bond acceptors (Lipinski definition) is 4. The molecule has 0 bridgehead atoms. The Hall–Kier alpha value is -1.26. The average Bonchev–Trinajstić information content (AvgIpc) is 2.52. The molecule has 118 valence electrons. The standard InChI is InChI=1S/C17H28N2O2/c1-19(2)16-7-5-8-17(14-16)21-13-12-20-11-9-15-6-3-4-10-18-15/h5,7-8,14-15,18H,3-4,6,9-13H2,1-2H3. The number of rotatable bonds is 8. The summed E-state index contributed by atoms with van der Waals surface area (Å²) < 4.78 is 11.4. The number of hydrogen-bond donors (Lipinski definition) is 1. The van der Waals surface area contributed by atoms with Gasteiger partial charge in [0.1, 0.15) is 12.4 Å². The molecule has 1 aromatic carbocycles. The summed E-state index contributed by atoms with van der Waals surface area (Å²) in [6, 6.07) is 8.77. The molecule has 21 heavy (non-hydrogen) atoms. The van der Waals surface area contributed by atoms with E-state index in [1.54, 1.807) is 0 Å². The second-order valence-electron chi connectivity index (χ2n) is 5.79. The van der Waals surface area contributed by atoms with E-state index in [1.807, 2.05) is 32.3 Å². The minimum atomic E-state index is 0.606. The lowest BCUT2D eigenvalue weighted by Crippen LogP contribution is -2.34. The first-order valence-electron chi connectivity index (χ1n) is 7.97. The van der Waals surface area contributed by atoms with Gasteiger partial charge in [-0.05, 0) is 37.9 Å². The van der Waals surface area contributed by atoms with Crippen LogP contribution in [-0.2, 0) is 4.74 Å². The van der Waals surface area contributed by atoms with Crippen molar-refractivity contribution >= 4 is 5.69 Å². The van der Waals surface area contributed by atoms with E-state index < -0.39 is 0 Å². The van der Waals surface area contributed by atoms with Crippen LogP contribution in [-0.4, -0.2) is 46.5 Å². The number of ether oxygens (including phenoxy) is 2. The number of nitrogens with zero attached hydrogens (tertiary/aromatic N) is 1. The number of nitrogens with one attached hydrogen (secondary N) is 1. The van der Waals surface area contributed by atoms with E-state index in [4.69, 9.17) is 9.47 Å². The van der Waals surface area contributed by atoms with Gasteiger partial charge in [0.15, 0.2) is 0 Å². The zero-order valence-electron chi connectivity index (χ0n) is 13.3. The molecular formula is C17H28N2O2. The molecule has 0 spiro atoms. The van der Waals surface area contributed by atoms with Gasteiger partial charge in [-0.15, -0.1) is 0 Å². The van der Waals surface area contributed by atoms with Gasteiger partial charge in [-0.25, -0.2) is 0 Å². The lowest BCUT2D eigenvalue weighted by Gasteiger charge is -2.23. The molecule has 1 unspecified atom stereocenters. The summed E-state index contributed by atoms with van der Waals surface area (Å²) in [5, 5.41) is 3.54. The van der Waals surface area contributed by atoms with Crippen LogP contribution in [0.15, 0.2) is 24.3 Å². The molecule has 4 nitrogen and oxygen atoms in total. The van der Waals surface area contributed by atoms with Crippen molar-refractivity contribution in [1.82, 2.24) is 5.32 Å². The van der Waals surface area contributed by atoms with Crippen molar-refractivity contribution in [2.45, 2.75) is 31.7 Å². The Bertz CT molecular complexity index is 404. The van der Waals surface area contributed by atoms with Crippen LogP contribution in [0.5, 0.6) is 5.75 Å². The first kappa shape index (κ1) is 16.1. The van der Waals surface area contributed by atoms with E-state index in [0.717, 1.165) is 31.0 Å². The van der Waals surface area contributed by atoms with Crippen LogP contribution in [0.4, 0.5) is 5.69 Å². The van der Waals surface area contributed by atoms with Gasteiger partial charge in [0.25, 0.3) is 0 Å². The third-order valence-corrected chi connectivity index (χ3v) is 3.85. The van der Waals surface area contributed by atoms with E-state index in [-0.39, 0.29) is 0 Å². The van der Waals surface area contributed by atoms with Crippen LogP contribution in [0.25, 0.3) is 0 Å². The monoisotopic (exact) mass is 292 g/mol. The highest BCUT2D eigenvalue weighted by molar-refractivity contribution is 5.49. The summed E-state index contributed by atoms with van der Waals surface area (Å²) in [6.07, 6.45) is 5.06. The number of benzene rings is 1. The summed E-state index contributed by atoms with van der Waals surface area (Å²) in [4.78, 5) is 2.07. The van der Waals surface area contributed by atoms with Gasteiger partial charge in [0.05, 0.1) is 6.61 Å². The van der Waals surface area contributed by atoms with E-state index in [1.165, 1.54) is 19.3 Å². The molecule has 0 radical (unpaired) electrons. The molecule has 0 saturated carbocycles. The molecule has 0 aromatic heterocycles. The predicted octanol–water partition coefficient (Wildman–Crippen LogP) is 2.68. The van der Waals surface area contributed by atoms with Gasteiger partial charge < -0.3 is 19.7 Å². The molecule has 2 rings (SSSR count). The molecule has 1 aromatic rings. The topological polar surface area (TPSA) is 33.7 Å². The Morgan fingerprint density at radius 1 is 1.19 bits per heavy atom. The van der Waals surface area contributed by atoms with Gasteiger partial charge in [0, 0.05) is 38.5 Å². The third kappa shape index (κ3) is 5.94. The van der Waals surface area contributed by atoms with Crippen molar-refractivity contribution < 1.29 is 9.47 Å².